The van der Waals surface area contributed by atoms with Crippen LogP contribution in [0.15, 0.2) is 24.4 Å². The third kappa shape index (κ3) is 5.15. The van der Waals surface area contributed by atoms with Gasteiger partial charge < -0.3 is 5.32 Å². The van der Waals surface area contributed by atoms with Gasteiger partial charge in [-0.3, -0.25) is 4.79 Å². The highest BCUT2D eigenvalue weighted by Crippen LogP contribution is 2.56. The summed E-state index contributed by atoms with van der Waals surface area (Å²) in [5.41, 5.74) is 5.25. The Hall–Kier alpha value is -0.820. The van der Waals surface area contributed by atoms with Crippen molar-refractivity contribution in [2.45, 2.75) is 60.4 Å². The number of amides is 1. The number of rotatable bonds is 7. The van der Waals surface area contributed by atoms with Gasteiger partial charge in [0.05, 0.1) is 22.3 Å². The first-order valence-corrected chi connectivity index (χ1v) is 14.6. The molecule has 1 aromatic carbocycles. The van der Waals surface area contributed by atoms with Crippen molar-refractivity contribution in [1.82, 2.24) is 20.3 Å². The van der Waals surface area contributed by atoms with E-state index in [4.69, 9.17) is 0 Å². The fourth-order valence-electron chi connectivity index (χ4n) is 4.55. The molecule has 3 aromatic rings. The molecular formula is C23H30B2FIN4OP2S. The minimum absolute atomic E-state index is 0.0183. The molecule has 12 heteroatoms. The lowest BCUT2D eigenvalue weighted by molar-refractivity contribution is 0.0951. The molecule has 5 unspecified atom stereocenters. The van der Waals surface area contributed by atoms with E-state index in [2.05, 4.69) is 46.2 Å². The topological polar surface area (TPSA) is 59.8 Å². The van der Waals surface area contributed by atoms with Crippen molar-refractivity contribution in [2.75, 3.05) is 0 Å². The minimum Gasteiger partial charge on any atom is -0.349 e. The number of carbonyl (C=O) groups excluding carboxylic acids is 1. The molecule has 0 aliphatic heterocycles. The van der Waals surface area contributed by atoms with Crippen molar-refractivity contribution in [3.63, 3.8) is 0 Å². The number of benzene rings is 1. The number of thiophene rings is 1. The number of carbonyl (C=O) groups is 1. The van der Waals surface area contributed by atoms with Gasteiger partial charge in [-0.15, -0.1) is 34.9 Å². The van der Waals surface area contributed by atoms with Crippen LogP contribution < -0.4 is 5.32 Å². The molecule has 0 spiro atoms. The average Bonchev–Trinajstić information content (AvgIpc) is 3.25. The summed E-state index contributed by atoms with van der Waals surface area (Å²) in [5.74, 6) is -0.0183. The fraction of sp³-hybridized carbons (Fsp3) is 0.435. The second-order valence-electron chi connectivity index (χ2n) is 10.3. The number of aryl methyl sites for hydroxylation is 3. The van der Waals surface area contributed by atoms with Gasteiger partial charge >= 0.3 is 0 Å². The van der Waals surface area contributed by atoms with Gasteiger partial charge in [-0.2, -0.15) is 0 Å². The first-order valence-electron chi connectivity index (χ1n) is 11.5. The Morgan fingerprint density at radius 2 is 1.83 bits per heavy atom. The molecule has 1 saturated carbocycles. The molecule has 0 saturated heterocycles. The first-order chi connectivity index (χ1) is 16.1. The van der Waals surface area contributed by atoms with E-state index in [-0.39, 0.29) is 5.91 Å². The smallest absolute Gasteiger partial charge is 0.252 e. The zero-order valence-electron chi connectivity index (χ0n) is 20.9. The van der Waals surface area contributed by atoms with E-state index >= 15 is 4.39 Å². The van der Waals surface area contributed by atoms with Gasteiger partial charge in [0.1, 0.15) is 17.1 Å². The van der Waals surface area contributed by atoms with Crippen LogP contribution in [0.4, 0.5) is 4.39 Å². The maximum Gasteiger partial charge on any atom is 0.252 e. The lowest BCUT2D eigenvalue weighted by Crippen LogP contribution is -2.53. The van der Waals surface area contributed by atoms with Crippen LogP contribution >= 0.6 is 52.4 Å². The zero-order valence-corrected chi connectivity index (χ0v) is 26.2. The van der Waals surface area contributed by atoms with Crippen molar-refractivity contribution in [1.29, 1.82) is 0 Å². The predicted molar refractivity (Wildman–Crippen MR) is 164 cm³/mol. The Morgan fingerprint density at radius 3 is 2.34 bits per heavy atom. The molecule has 1 fully saturated rings. The highest BCUT2D eigenvalue weighted by atomic mass is 127. The van der Waals surface area contributed by atoms with E-state index in [9.17, 15) is 4.79 Å². The molecule has 1 amide bonds. The number of aromatic nitrogens is 3. The fourth-order valence-corrected chi connectivity index (χ4v) is 7.42. The largest absolute Gasteiger partial charge is 0.349 e. The van der Waals surface area contributed by atoms with Crippen molar-refractivity contribution in [3.8, 4) is 16.3 Å². The molecule has 2 heterocycles. The number of hydrogen-bond acceptors (Lipinski definition) is 4. The third-order valence-electron chi connectivity index (χ3n) is 6.71. The number of nitrogens with one attached hydrogen (secondary N) is 1. The normalized spacial score (nSPS) is 19.0. The second-order valence-corrected chi connectivity index (χ2v) is 15.8. The summed E-state index contributed by atoms with van der Waals surface area (Å²) in [6.07, 6.45) is 4.01. The molecule has 1 aliphatic rings. The maximum absolute atomic E-state index is 15.6. The predicted octanol–water partition coefficient (Wildman–Crippen LogP) is 3.80. The highest BCUT2D eigenvalue weighted by molar-refractivity contribution is 14.1. The van der Waals surface area contributed by atoms with Gasteiger partial charge in [0, 0.05) is 16.1 Å². The third-order valence-corrected chi connectivity index (χ3v) is 11.6. The van der Waals surface area contributed by atoms with E-state index in [1.807, 2.05) is 70.4 Å². The van der Waals surface area contributed by atoms with Gasteiger partial charge in [0.15, 0.2) is 7.85 Å². The van der Waals surface area contributed by atoms with Crippen LogP contribution in [0.1, 0.15) is 51.7 Å². The van der Waals surface area contributed by atoms with Crippen LogP contribution in [-0.2, 0) is 5.16 Å². The van der Waals surface area contributed by atoms with Crippen molar-refractivity contribution < 1.29 is 9.18 Å². The molecule has 184 valence electrons. The number of nitrogens with zero attached hydrogens (tertiary/aromatic N) is 3. The van der Waals surface area contributed by atoms with Crippen LogP contribution in [-0.4, -0.2) is 51.3 Å². The number of hydrogen-bond donors (Lipinski definition) is 1. The lowest BCUT2D eigenvalue weighted by Gasteiger charge is -2.48. The molecule has 0 bridgehead atoms. The lowest BCUT2D eigenvalue weighted by atomic mass is 9.65. The van der Waals surface area contributed by atoms with Gasteiger partial charge in [-0.05, 0) is 61.4 Å². The van der Waals surface area contributed by atoms with Crippen LogP contribution in [0.25, 0.3) is 16.3 Å². The van der Waals surface area contributed by atoms with E-state index in [0.717, 1.165) is 50.7 Å². The van der Waals surface area contributed by atoms with Gasteiger partial charge in [0.2, 0.25) is 0 Å². The average molecular weight is 640 g/mol. The standard InChI is InChI=1S/C23H30B2FIN4OP2S/c1-11-7-14(22(34,21(4,24)33)23(25,26)27)8-12(2)19(11)31-10-17(29-30-31)18-9-16(13(3)35-18)20(32)28-15-5-6-15/h7-10,15H,5-6,24-25,33-34H2,1-4H3,(H,28,32). The molecular weight excluding hydrogens is 610 g/mol. The molecule has 4 rings (SSSR count). The van der Waals surface area contributed by atoms with E-state index < -0.39 is 13.8 Å². The quantitative estimate of drug-likeness (QED) is 0.185. The minimum atomic E-state index is -1.50. The summed E-state index contributed by atoms with van der Waals surface area (Å²) >= 11 is 3.45. The summed E-state index contributed by atoms with van der Waals surface area (Å²) in [7, 11) is 9.25. The van der Waals surface area contributed by atoms with Crippen LogP contribution in [0.3, 0.4) is 0 Å². The molecule has 1 N–H and O–H groups in total. The molecule has 35 heavy (non-hydrogen) atoms. The Balaban J connectivity index is 1.69. The van der Waals surface area contributed by atoms with Crippen molar-refractivity contribution in [3.05, 3.63) is 51.5 Å². The number of halogens is 2. The summed E-state index contributed by atoms with van der Waals surface area (Å²) in [4.78, 5) is 14.4. The summed E-state index contributed by atoms with van der Waals surface area (Å²) in [5, 5.41) is 10.6. The van der Waals surface area contributed by atoms with Crippen molar-refractivity contribution >= 4 is 74.0 Å². The summed E-state index contributed by atoms with van der Waals surface area (Å²) < 4.78 is 15.8. The maximum atomic E-state index is 15.6. The SMILES string of the molecule is BC(C)(P)C(P)(c1cc(C)c(-n2cc(-c3cc(C(=O)NC4CC4)c(C)s3)nn2)c(C)c1)C(B)(F)I. The van der Waals surface area contributed by atoms with E-state index in [1.165, 1.54) is 0 Å². The Morgan fingerprint density at radius 1 is 1.23 bits per heavy atom. The molecule has 0 radical (unpaired) electrons. The first kappa shape index (κ1) is 27.2. The Kier molecular flexibility index (Phi) is 7.38. The Bertz CT molecular complexity index is 1260. The number of alkyl halides is 2. The van der Waals surface area contributed by atoms with E-state index in [0.29, 0.717) is 11.6 Å². The van der Waals surface area contributed by atoms with Crippen LogP contribution in [0.5, 0.6) is 0 Å². The van der Waals surface area contributed by atoms with Crippen LogP contribution in [0.2, 0.25) is 0 Å². The van der Waals surface area contributed by atoms with Gasteiger partial charge in [0.25, 0.3) is 5.91 Å². The Labute approximate surface area is 230 Å². The van der Waals surface area contributed by atoms with Gasteiger partial charge in [-0.1, -0.05) is 46.9 Å². The van der Waals surface area contributed by atoms with E-state index in [1.54, 1.807) is 23.9 Å². The molecule has 5 atom stereocenters. The monoisotopic (exact) mass is 640 g/mol. The van der Waals surface area contributed by atoms with Crippen LogP contribution in [0, 0.1) is 20.8 Å². The summed E-state index contributed by atoms with van der Waals surface area (Å²) in [6, 6.07) is 6.32. The molecule has 5 nitrogen and oxygen atoms in total. The highest BCUT2D eigenvalue weighted by Gasteiger charge is 2.52. The van der Waals surface area contributed by atoms with Crippen molar-refractivity contribution in [2.24, 2.45) is 0 Å². The molecule has 2 aromatic heterocycles. The second kappa shape index (κ2) is 9.49. The van der Waals surface area contributed by atoms with Gasteiger partial charge in [-0.25, -0.2) is 9.07 Å². The summed E-state index contributed by atoms with van der Waals surface area (Å²) in [6.45, 7) is 8.03. The zero-order chi connectivity index (χ0) is 25.9. The molecule has 1 aliphatic carbocycles.